The number of nitrogens with one attached hydrogen (secondary N) is 1. The van der Waals surface area contributed by atoms with Crippen molar-refractivity contribution in [1.82, 2.24) is 0 Å². The molecule has 4 rings (SSSR count). The van der Waals surface area contributed by atoms with E-state index in [0.29, 0.717) is 47.1 Å². The Bertz CT molecular complexity index is 1230. The van der Waals surface area contributed by atoms with Gasteiger partial charge in [-0.05, 0) is 66.9 Å². The van der Waals surface area contributed by atoms with Crippen LogP contribution in [0, 0.1) is 0 Å². The largest absolute Gasteiger partial charge is 0.495 e. The summed E-state index contributed by atoms with van der Waals surface area (Å²) in [6, 6.07) is 18.5. The topological polar surface area (TPSA) is 75.7 Å². The van der Waals surface area contributed by atoms with E-state index in [2.05, 4.69) is 5.32 Å². The maximum Gasteiger partial charge on any atom is 0.264 e. The summed E-state index contributed by atoms with van der Waals surface area (Å²) in [6.45, 7) is 0.403. The van der Waals surface area contributed by atoms with Crippen molar-refractivity contribution in [1.29, 1.82) is 0 Å². The maximum atomic E-state index is 13.1. The lowest BCUT2D eigenvalue weighted by Crippen LogP contribution is -2.35. The quantitative estimate of drug-likeness (QED) is 0.601. The molecule has 8 heteroatoms. The highest BCUT2D eigenvalue weighted by molar-refractivity contribution is 7.92. The van der Waals surface area contributed by atoms with E-state index < -0.39 is 10.0 Å². The molecule has 1 aliphatic heterocycles. The number of anilines is 2. The SMILES string of the molecule is COc1ccc(NC(=O)c2ccc3c(c2)CCCN3S(=O)(=O)c2ccccc2)cc1Cl. The number of hydrogen-bond acceptors (Lipinski definition) is 4. The van der Waals surface area contributed by atoms with Crippen LogP contribution in [0.3, 0.4) is 0 Å². The van der Waals surface area contributed by atoms with Crippen molar-refractivity contribution in [3.05, 3.63) is 82.9 Å². The number of rotatable bonds is 5. The van der Waals surface area contributed by atoms with Gasteiger partial charge in [-0.1, -0.05) is 29.8 Å². The fourth-order valence-electron chi connectivity index (χ4n) is 3.62. The molecular formula is C23H21ClN2O4S. The third-order valence-corrected chi connectivity index (χ3v) is 7.28. The molecule has 0 saturated carbocycles. The summed E-state index contributed by atoms with van der Waals surface area (Å²) in [4.78, 5) is 13.0. The van der Waals surface area contributed by atoms with Gasteiger partial charge in [0.2, 0.25) is 0 Å². The molecule has 6 nitrogen and oxygen atoms in total. The van der Waals surface area contributed by atoms with Crippen molar-refractivity contribution in [3.63, 3.8) is 0 Å². The summed E-state index contributed by atoms with van der Waals surface area (Å²) in [5, 5.41) is 3.21. The first-order chi connectivity index (χ1) is 14.9. The number of sulfonamides is 1. The lowest BCUT2D eigenvalue weighted by atomic mass is 10.0. The molecule has 0 saturated heterocycles. The number of fused-ring (bicyclic) bond motifs is 1. The smallest absolute Gasteiger partial charge is 0.264 e. The molecule has 0 atom stereocenters. The van der Waals surface area contributed by atoms with E-state index in [1.165, 1.54) is 11.4 Å². The van der Waals surface area contributed by atoms with Gasteiger partial charge in [0.1, 0.15) is 5.75 Å². The standard InChI is InChI=1S/C23H21ClN2O4S/c1-30-22-12-10-18(15-20(22)24)25-23(27)17-9-11-21-16(14-17)6-5-13-26(21)31(28,29)19-7-3-2-4-8-19/h2-4,7-12,14-15H,5-6,13H2,1H3,(H,25,27). The Morgan fingerprint density at radius 1 is 1.06 bits per heavy atom. The van der Waals surface area contributed by atoms with Gasteiger partial charge in [0.25, 0.3) is 15.9 Å². The molecule has 3 aromatic carbocycles. The summed E-state index contributed by atoms with van der Waals surface area (Å²) in [7, 11) is -2.14. The molecule has 1 amide bonds. The Labute approximate surface area is 186 Å². The Morgan fingerprint density at radius 2 is 1.84 bits per heavy atom. The van der Waals surface area contributed by atoms with Crippen LogP contribution in [-0.4, -0.2) is 28.0 Å². The fraction of sp³-hybridized carbons (Fsp3) is 0.174. The number of amides is 1. The maximum absolute atomic E-state index is 13.1. The van der Waals surface area contributed by atoms with Crippen molar-refractivity contribution < 1.29 is 17.9 Å². The van der Waals surface area contributed by atoms with Gasteiger partial charge >= 0.3 is 0 Å². The van der Waals surface area contributed by atoms with Gasteiger partial charge in [0.05, 0.1) is 22.7 Å². The van der Waals surface area contributed by atoms with Crippen LogP contribution in [0.5, 0.6) is 5.75 Å². The van der Waals surface area contributed by atoms with Crippen molar-refractivity contribution >= 4 is 38.9 Å². The second-order valence-electron chi connectivity index (χ2n) is 7.14. The van der Waals surface area contributed by atoms with Crippen molar-refractivity contribution in [2.45, 2.75) is 17.7 Å². The number of aryl methyl sites for hydroxylation is 1. The predicted octanol–water partition coefficient (Wildman–Crippen LogP) is 4.74. The number of carbonyl (C=O) groups excluding carboxylic acids is 1. The zero-order valence-corrected chi connectivity index (χ0v) is 18.4. The van der Waals surface area contributed by atoms with E-state index in [9.17, 15) is 13.2 Å². The molecule has 0 spiro atoms. The molecule has 1 aliphatic rings. The first-order valence-electron chi connectivity index (χ1n) is 9.76. The second kappa shape index (κ2) is 8.61. The number of hydrogen-bond donors (Lipinski definition) is 1. The van der Waals surface area contributed by atoms with Crippen LogP contribution in [-0.2, 0) is 16.4 Å². The van der Waals surface area contributed by atoms with E-state index >= 15 is 0 Å². The monoisotopic (exact) mass is 456 g/mol. The number of methoxy groups -OCH3 is 1. The van der Waals surface area contributed by atoms with Crippen molar-refractivity contribution in [3.8, 4) is 5.75 Å². The van der Waals surface area contributed by atoms with Gasteiger partial charge in [-0.3, -0.25) is 9.10 Å². The minimum absolute atomic E-state index is 0.251. The van der Waals surface area contributed by atoms with Crippen LogP contribution < -0.4 is 14.4 Å². The highest BCUT2D eigenvalue weighted by atomic mass is 35.5. The van der Waals surface area contributed by atoms with E-state index in [1.807, 2.05) is 0 Å². The first-order valence-corrected chi connectivity index (χ1v) is 11.6. The Morgan fingerprint density at radius 3 is 2.55 bits per heavy atom. The van der Waals surface area contributed by atoms with Gasteiger partial charge < -0.3 is 10.1 Å². The fourth-order valence-corrected chi connectivity index (χ4v) is 5.44. The predicted molar refractivity (Wildman–Crippen MR) is 122 cm³/mol. The molecule has 0 fully saturated rings. The molecule has 3 aromatic rings. The molecule has 0 radical (unpaired) electrons. The van der Waals surface area contributed by atoms with Gasteiger partial charge in [0, 0.05) is 17.8 Å². The highest BCUT2D eigenvalue weighted by Crippen LogP contribution is 2.33. The van der Waals surface area contributed by atoms with Gasteiger partial charge in [0.15, 0.2) is 0 Å². The van der Waals surface area contributed by atoms with Crippen LogP contribution in [0.2, 0.25) is 5.02 Å². The number of benzene rings is 3. The summed E-state index contributed by atoms with van der Waals surface area (Å²) in [5.41, 5.74) is 2.43. The third-order valence-electron chi connectivity index (χ3n) is 5.16. The molecule has 1 heterocycles. The minimum atomic E-state index is -3.66. The molecule has 0 bridgehead atoms. The van der Waals surface area contributed by atoms with Gasteiger partial charge in [-0.2, -0.15) is 0 Å². The van der Waals surface area contributed by atoms with Crippen LogP contribution in [0.1, 0.15) is 22.3 Å². The molecule has 1 N–H and O–H groups in total. The lowest BCUT2D eigenvalue weighted by molar-refractivity contribution is 0.102. The third kappa shape index (κ3) is 4.24. The average molecular weight is 457 g/mol. The molecule has 0 unspecified atom stereocenters. The summed E-state index contributed by atoms with van der Waals surface area (Å²) in [6.07, 6.45) is 1.38. The Balaban J connectivity index is 1.60. The average Bonchev–Trinajstić information content (AvgIpc) is 2.79. The zero-order valence-electron chi connectivity index (χ0n) is 16.8. The second-order valence-corrected chi connectivity index (χ2v) is 9.41. The summed E-state index contributed by atoms with van der Waals surface area (Å²) >= 11 is 6.12. The van der Waals surface area contributed by atoms with Crippen LogP contribution in [0.15, 0.2) is 71.6 Å². The zero-order chi connectivity index (χ0) is 22.0. The van der Waals surface area contributed by atoms with E-state index in [1.54, 1.807) is 66.7 Å². The molecule has 0 aliphatic carbocycles. The summed E-state index contributed by atoms with van der Waals surface area (Å²) < 4.78 is 32.8. The number of carbonyl (C=O) groups is 1. The van der Waals surface area contributed by atoms with E-state index in [-0.39, 0.29) is 10.8 Å². The van der Waals surface area contributed by atoms with Gasteiger partial charge in [-0.15, -0.1) is 0 Å². The molecule has 0 aromatic heterocycles. The summed E-state index contributed by atoms with van der Waals surface area (Å²) in [5.74, 6) is 0.222. The number of nitrogens with zero attached hydrogens (tertiary/aromatic N) is 1. The Kier molecular flexibility index (Phi) is 5.89. The first kappa shape index (κ1) is 21.2. The van der Waals surface area contributed by atoms with Crippen LogP contribution >= 0.6 is 11.6 Å². The van der Waals surface area contributed by atoms with Crippen LogP contribution in [0.4, 0.5) is 11.4 Å². The van der Waals surface area contributed by atoms with E-state index in [0.717, 1.165) is 5.56 Å². The number of halogens is 1. The molecular weight excluding hydrogens is 436 g/mol. The van der Waals surface area contributed by atoms with E-state index in [4.69, 9.17) is 16.3 Å². The molecule has 160 valence electrons. The van der Waals surface area contributed by atoms with Crippen molar-refractivity contribution in [2.24, 2.45) is 0 Å². The lowest BCUT2D eigenvalue weighted by Gasteiger charge is -2.30. The van der Waals surface area contributed by atoms with Crippen molar-refractivity contribution in [2.75, 3.05) is 23.3 Å². The Hall–Kier alpha value is -3.03. The molecule has 31 heavy (non-hydrogen) atoms. The van der Waals surface area contributed by atoms with Gasteiger partial charge in [-0.25, -0.2) is 8.42 Å². The highest BCUT2D eigenvalue weighted by Gasteiger charge is 2.29. The normalized spacial score (nSPS) is 13.4. The van der Waals surface area contributed by atoms with Crippen LogP contribution in [0.25, 0.3) is 0 Å². The minimum Gasteiger partial charge on any atom is -0.495 e. The number of ether oxygens (including phenoxy) is 1.